The fourth-order valence-electron chi connectivity index (χ4n) is 4.41. The molecule has 1 atom stereocenters. The van der Waals surface area contributed by atoms with E-state index in [1.54, 1.807) is 6.20 Å². The Morgan fingerprint density at radius 1 is 1.03 bits per heavy atom. The van der Waals surface area contributed by atoms with Crippen molar-refractivity contribution in [2.75, 3.05) is 31.1 Å². The Kier molecular flexibility index (Phi) is 5.95. The maximum Gasteiger partial charge on any atom is 0.325 e. The van der Waals surface area contributed by atoms with Crippen LogP contribution in [0.4, 0.5) is 5.82 Å². The van der Waals surface area contributed by atoms with E-state index in [0.29, 0.717) is 19.7 Å². The number of piperazine rings is 1. The molecule has 1 saturated heterocycles. The summed E-state index contributed by atoms with van der Waals surface area (Å²) < 4.78 is 5.98. The van der Waals surface area contributed by atoms with Gasteiger partial charge in [0.2, 0.25) is 0 Å². The molecule has 1 unspecified atom stereocenters. The standard InChI is InChI=1S/C26H26N4O3/c31-26(32)25(30-14-12-29(13-15-30)24-8-4-5-11-27-24)22-17-28-23-10-9-20(16-21(22)23)33-18-19-6-2-1-3-7-19/h1-11,16-17,25,28H,12-15,18H2,(H,31,32). The molecule has 0 bridgehead atoms. The predicted octanol–water partition coefficient (Wildman–Crippen LogP) is 4.09. The number of H-pyrrole nitrogens is 1. The van der Waals surface area contributed by atoms with Gasteiger partial charge >= 0.3 is 5.97 Å². The SMILES string of the molecule is O=C(O)C(c1c[nH]c2ccc(OCc3ccccc3)cc12)N1CCN(c2ccccn2)CC1. The number of aromatic nitrogens is 2. The fraction of sp³-hybridized carbons (Fsp3) is 0.231. The van der Waals surface area contributed by atoms with E-state index in [4.69, 9.17) is 4.74 Å². The zero-order valence-corrected chi connectivity index (χ0v) is 18.2. The van der Waals surface area contributed by atoms with Gasteiger partial charge in [0.15, 0.2) is 0 Å². The van der Waals surface area contributed by atoms with E-state index < -0.39 is 12.0 Å². The van der Waals surface area contributed by atoms with Crippen molar-refractivity contribution >= 4 is 22.7 Å². The number of hydrogen-bond acceptors (Lipinski definition) is 5. The van der Waals surface area contributed by atoms with Crippen LogP contribution < -0.4 is 9.64 Å². The third-order valence-electron chi connectivity index (χ3n) is 6.11. The molecule has 7 nitrogen and oxygen atoms in total. The minimum Gasteiger partial charge on any atom is -0.489 e. The summed E-state index contributed by atoms with van der Waals surface area (Å²) in [7, 11) is 0. The Balaban J connectivity index is 1.35. The van der Waals surface area contributed by atoms with Crippen molar-refractivity contribution in [3.8, 4) is 5.75 Å². The van der Waals surface area contributed by atoms with Crippen molar-refractivity contribution in [1.82, 2.24) is 14.9 Å². The first-order chi connectivity index (χ1) is 16.2. The number of anilines is 1. The summed E-state index contributed by atoms with van der Waals surface area (Å²) in [6.07, 6.45) is 3.60. The van der Waals surface area contributed by atoms with Crippen LogP contribution in [0.1, 0.15) is 17.2 Å². The molecule has 7 heteroatoms. The average molecular weight is 443 g/mol. The number of ether oxygens (including phenoxy) is 1. The lowest BCUT2D eigenvalue weighted by Crippen LogP contribution is -2.49. The fourth-order valence-corrected chi connectivity index (χ4v) is 4.41. The highest BCUT2D eigenvalue weighted by molar-refractivity contribution is 5.90. The minimum absolute atomic E-state index is 0.462. The second kappa shape index (κ2) is 9.34. The molecule has 33 heavy (non-hydrogen) atoms. The van der Waals surface area contributed by atoms with Gasteiger partial charge in [-0.15, -0.1) is 0 Å². The van der Waals surface area contributed by atoms with Gasteiger partial charge in [-0.25, -0.2) is 4.98 Å². The third-order valence-corrected chi connectivity index (χ3v) is 6.11. The summed E-state index contributed by atoms with van der Waals surface area (Å²) in [5.74, 6) is 0.797. The van der Waals surface area contributed by atoms with Gasteiger partial charge in [-0.3, -0.25) is 9.69 Å². The number of nitrogens with zero attached hydrogens (tertiary/aromatic N) is 3. The van der Waals surface area contributed by atoms with Crippen LogP contribution >= 0.6 is 0 Å². The van der Waals surface area contributed by atoms with Crippen LogP contribution in [-0.4, -0.2) is 52.1 Å². The number of aromatic amines is 1. The molecule has 4 aromatic rings. The molecule has 0 saturated carbocycles. The van der Waals surface area contributed by atoms with Gasteiger partial charge in [-0.1, -0.05) is 36.4 Å². The number of carboxylic acids is 1. The normalized spacial score (nSPS) is 15.5. The zero-order chi connectivity index (χ0) is 22.6. The summed E-state index contributed by atoms with van der Waals surface area (Å²) in [6.45, 7) is 3.21. The molecular weight excluding hydrogens is 416 g/mol. The number of carbonyl (C=O) groups is 1. The molecule has 0 radical (unpaired) electrons. The largest absolute Gasteiger partial charge is 0.489 e. The van der Waals surface area contributed by atoms with Crippen LogP contribution in [0, 0.1) is 0 Å². The topological polar surface area (TPSA) is 81.7 Å². The summed E-state index contributed by atoms with van der Waals surface area (Å²) in [5, 5.41) is 11.0. The molecule has 2 N–H and O–H groups in total. The van der Waals surface area contributed by atoms with Crippen molar-refractivity contribution in [3.63, 3.8) is 0 Å². The minimum atomic E-state index is -0.849. The van der Waals surface area contributed by atoms with Gasteiger partial charge in [0, 0.05) is 55.0 Å². The lowest BCUT2D eigenvalue weighted by atomic mass is 10.0. The van der Waals surface area contributed by atoms with Crippen LogP contribution in [0.2, 0.25) is 0 Å². The maximum atomic E-state index is 12.4. The summed E-state index contributed by atoms with van der Waals surface area (Å²) in [5.41, 5.74) is 2.74. The molecule has 1 fully saturated rings. The first kappa shape index (κ1) is 21.0. The maximum absolute atomic E-state index is 12.4. The smallest absolute Gasteiger partial charge is 0.325 e. The Bertz CT molecular complexity index is 1220. The Labute approximate surface area is 192 Å². The van der Waals surface area contributed by atoms with E-state index in [1.165, 1.54) is 0 Å². The third kappa shape index (κ3) is 4.54. The molecule has 1 aliphatic rings. The number of carboxylic acid groups (broad SMARTS) is 1. The number of benzene rings is 2. The molecule has 0 spiro atoms. The van der Waals surface area contributed by atoms with E-state index in [1.807, 2.05) is 77.8 Å². The van der Waals surface area contributed by atoms with Gasteiger partial charge in [0.25, 0.3) is 0 Å². The van der Waals surface area contributed by atoms with Crippen LogP contribution in [0.25, 0.3) is 10.9 Å². The van der Waals surface area contributed by atoms with Gasteiger partial charge in [0.05, 0.1) is 0 Å². The number of pyridine rings is 1. The predicted molar refractivity (Wildman–Crippen MR) is 127 cm³/mol. The van der Waals surface area contributed by atoms with Gasteiger partial charge in [-0.2, -0.15) is 0 Å². The Hall–Kier alpha value is -3.84. The molecule has 0 amide bonds. The molecule has 2 aromatic heterocycles. The Morgan fingerprint density at radius 3 is 2.55 bits per heavy atom. The number of nitrogens with one attached hydrogen (secondary N) is 1. The summed E-state index contributed by atoms with van der Waals surface area (Å²) >= 11 is 0. The monoisotopic (exact) mass is 442 g/mol. The van der Waals surface area contributed by atoms with Crippen LogP contribution in [0.3, 0.4) is 0 Å². The van der Waals surface area contributed by atoms with Gasteiger partial charge < -0.3 is 19.7 Å². The van der Waals surface area contributed by atoms with Crippen LogP contribution in [-0.2, 0) is 11.4 Å². The number of rotatable bonds is 7. The second-order valence-corrected chi connectivity index (χ2v) is 8.18. The average Bonchev–Trinajstić information content (AvgIpc) is 3.27. The molecule has 168 valence electrons. The van der Waals surface area contributed by atoms with Crippen molar-refractivity contribution in [2.24, 2.45) is 0 Å². The van der Waals surface area contributed by atoms with Crippen LogP contribution in [0.5, 0.6) is 5.75 Å². The van der Waals surface area contributed by atoms with Crippen LogP contribution in [0.15, 0.2) is 79.1 Å². The molecule has 0 aliphatic carbocycles. The molecule has 3 heterocycles. The van der Waals surface area contributed by atoms with E-state index in [9.17, 15) is 9.90 Å². The second-order valence-electron chi connectivity index (χ2n) is 8.18. The van der Waals surface area contributed by atoms with Gasteiger partial charge in [0.1, 0.15) is 24.2 Å². The first-order valence-corrected chi connectivity index (χ1v) is 11.1. The quantitative estimate of drug-likeness (QED) is 0.449. The molecular formula is C26H26N4O3. The number of aliphatic carboxylic acids is 1. The van der Waals surface area contributed by atoms with Crippen molar-refractivity contribution in [2.45, 2.75) is 12.6 Å². The van der Waals surface area contributed by atoms with E-state index in [-0.39, 0.29) is 0 Å². The summed E-state index contributed by atoms with van der Waals surface area (Å²) in [4.78, 5) is 24.3. The lowest BCUT2D eigenvalue weighted by Gasteiger charge is -2.38. The zero-order valence-electron chi connectivity index (χ0n) is 18.2. The molecule has 1 aliphatic heterocycles. The Morgan fingerprint density at radius 2 is 1.82 bits per heavy atom. The number of fused-ring (bicyclic) bond motifs is 1. The van der Waals surface area contributed by atoms with E-state index in [0.717, 1.165) is 46.7 Å². The highest BCUT2D eigenvalue weighted by Crippen LogP contribution is 2.32. The van der Waals surface area contributed by atoms with Crippen molar-refractivity contribution in [3.05, 3.63) is 90.3 Å². The van der Waals surface area contributed by atoms with Crippen molar-refractivity contribution in [1.29, 1.82) is 0 Å². The highest BCUT2D eigenvalue weighted by atomic mass is 16.5. The van der Waals surface area contributed by atoms with Crippen molar-refractivity contribution < 1.29 is 14.6 Å². The first-order valence-electron chi connectivity index (χ1n) is 11.1. The number of hydrogen-bond donors (Lipinski definition) is 2. The van der Waals surface area contributed by atoms with E-state index in [2.05, 4.69) is 14.9 Å². The van der Waals surface area contributed by atoms with E-state index >= 15 is 0 Å². The van der Waals surface area contributed by atoms with Gasteiger partial charge in [-0.05, 0) is 35.9 Å². The lowest BCUT2D eigenvalue weighted by molar-refractivity contribution is -0.143. The summed E-state index contributed by atoms with van der Waals surface area (Å²) in [6, 6.07) is 20.9. The molecule has 2 aromatic carbocycles. The molecule has 5 rings (SSSR count). The highest BCUT2D eigenvalue weighted by Gasteiger charge is 2.32.